The van der Waals surface area contributed by atoms with Crippen molar-refractivity contribution in [3.05, 3.63) is 29.8 Å². The van der Waals surface area contributed by atoms with Gasteiger partial charge in [0.2, 0.25) is 11.8 Å². The van der Waals surface area contributed by atoms with Crippen LogP contribution in [0.15, 0.2) is 24.3 Å². The quantitative estimate of drug-likeness (QED) is 0.876. The molecule has 0 saturated carbocycles. The first-order chi connectivity index (χ1) is 12.6. The van der Waals surface area contributed by atoms with Gasteiger partial charge in [-0.15, -0.1) is 0 Å². The molecule has 0 unspecified atom stereocenters. The van der Waals surface area contributed by atoms with E-state index in [9.17, 15) is 14.4 Å². The summed E-state index contributed by atoms with van der Waals surface area (Å²) in [4.78, 5) is 40.2. The van der Waals surface area contributed by atoms with Gasteiger partial charge in [-0.1, -0.05) is 0 Å². The molecule has 0 bridgehead atoms. The van der Waals surface area contributed by atoms with Crippen LogP contribution in [0.3, 0.4) is 0 Å². The Kier molecular flexibility index (Phi) is 5.88. The smallest absolute Gasteiger partial charge is 0.251 e. The summed E-state index contributed by atoms with van der Waals surface area (Å²) in [6, 6.07) is 6.36. The van der Waals surface area contributed by atoms with E-state index < -0.39 is 6.04 Å². The third kappa shape index (κ3) is 4.22. The molecule has 26 heavy (non-hydrogen) atoms. The zero-order valence-corrected chi connectivity index (χ0v) is 15.1. The van der Waals surface area contributed by atoms with E-state index in [0.717, 1.165) is 25.1 Å². The highest BCUT2D eigenvalue weighted by Crippen LogP contribution is 2.21. The molecule has 3 amide bonds. The molecule has 2 fully saturated rings. The fourth-order valence-electron chi connectivity index (χ4n) is 3.27. The maximum atomic E-state index is 12.4. The summed E-state index contributed by atoms with van der Waals surface area (Å²) < 4.78 is 5.24. The number of amides is 3. The number of hydrogen-bond donors (Lipinski definition) is 1. The van der Waals surface area contributed by atoms with E-state index in [1.165, 1.54) is 0 Å². The van der Waals surface area contributed by atoms with Gasteiger partial charge in [-0.25, -0.2) is 0 Å². The van der Waals surface area contributed by atoms with Gasteiger partial charge >= 0.3 is 0 Å². The monoisotopic (exact) mass is 359 g/mol. The van der Waals surface area contributed by atoms with Crippen molar-refractivity contribution in [3.8, 4) is 0 Å². The Morgan fingerprint density at radius 1 is 1.08 bits per heavy atom. The van der Waals surface area contributed by atoms with Crippen molar-refractivity contribution in [2.45, 2.75) is 32.2 Å². The van der Waals surface area contributed by atoms with Crippen LogP contribution >= 0.6 is 0 Å². The van der Waals surface area contributed by atoms with Gasteiger partial charge in [0.15, 0.2) is 0 Å². The van der Waals surface area contributed by atoms with Crippen LogP contribution < -0.4 is 10.2 Å². The van der Waals surface area contributed by atoms with Crippen molar-refractivity contribution in [1.82, 2.24) is 10.2 Å². The van der Waals surface area contributed by atoms with Crippen molar-refractivity contribution in [3.63, 3.8) is 0 Å². The van der Waals surface area contributed by atoms with Gasteiger partial charge in [-0.05, 0) is 44.0 Å². The number of nitrogens with zero attached hydrogens (tertiary/aromatic N) is 2. The minimum Gasteiger partial charge on any atom is -0.378 e. The number of rotatable bonds is 4. The summed E-state index contributed by atoms with van der Waals surface area (Å²) in [6.45, 7) is 4.58. The molecule has 2 saturated heterocycles. The number of benzene rings is 1. The van der Waals surface area contributed by atoms with Crippen LogP contribution in [0.1, 0.15) is 36.5 Å². The van der Waals surface area contributed by atoms with Gasteiger partial charge in [0.25, 0.3) is 5.91 Å². The fraction of sp³-hybridized carbons (Fsp3) is 0.526. The second-order valence-electron chi connectivity index (χ2n) is 6.68. The van der Waals surface area contributed by atoms with Crippen LogP contribution in [-0.4, -0.2) is 61.5 Å². The first kappa shape index (κ1) is 18.4. The minimum absolute atomic E-state index is 0.0998. The highest BCUT2D eigenvalue weighted by Gasteiger charge is 2.24. The Bertz CT molecular complexity index is 668. The Morgan fingerprint density at radius 3 is 2.42 bits per heavy atom. The number of anilines is 1. The van der Waals surface area contributed by atoms with E-state index in [0.29, 0.717) is 38.3 Å². The summed E-state index contributed by atoms with van der Waals surface area (Å²) in [7, 11) is 0. The van der Waals surface area contributed by atoms with E-state index in [-0.39, 0.29) is 17.7 Å². The summed E-state index contributed by atoms with van der Waals surface area (Å²) in [5.41, 5.74) is 1.28. The van der Waals surface area contributed by atoms with Gasteiger partial charge in [0.1, 0.15) is 6.04 Å². The molecular weight excluding hydrogens is 334 g/mol. The predicted octanol–water partition coefficient (Wildman–Crippen LogP) is 1.18. The van der Waals surface area contributed by atoms with Gasteiger partial charge in [-0.3, -0.25) is 14.4 Å². The molecule has 7 heteroatoms. The molecule has 0 aliphatic carbocycles. The van der Waals surface area contributed by atoms with E-state index in [1.54, 1.807) is 41.0 Å². The standard InChI is InChI=1S/C19H25N3O4/c1-14(19(25)21-10-12-26-13-11-21)20-18(24)15-5-7-16(8-6-15)22-9-3-2-4-17(22)23/h5-8,14H,2-4,9-13H2,1H3,(H,20,24)/t14-/m1/s1. The number of nitrogens with one attached hydrogen (secondary N) is 1. The Hall–Kier alpha value is -2.41. The van der Waals surface area contributed by atoms with Crippen LogP contribution in [0.5, 0.6) is 0 Å². The molecule has 7 nitrogen and oxygen atoms in total. The summed E-state index contributed by atoms with van der Waals surface area (Å²) in [5.74, 6) is -0.272. The normalized spacial score (nSPS) is 19.2. The van der Waals surface area contributed by atoms with E-state index >= 15 is 0 Å². The van der Waals surface area contributed by atoms with Crippen molar-refractivity contribution < 1.29 is 19.1 Å². The zero-order valence-electron chi connectivity index (χ0n) is 15.1. The Labute approximate surface area is 153 Å². The number of piperidine rings is 1. The van der Waals surface area contributed by atoms with E-state index in [4.69, 9.17) is 4.74 Å². The molecule has 3 rings (SSSR count). The SMILES string of the molecule is C[C@@H](NC(=O)c1ccc(N2CCCCC2=O)cc1)C(=O)N1CCOCC1. The number of carbonyl (C=O) groups excluding carboxylic acids is 3. The van der Waals surface area contributed by atoms with Crippen LogP contribution in [0.25, 0.3) is 0 Å². The number of carbonyl (C=O) groups is 3. The van der Waals surface area contributed by atoms with Crippen LogP contribution in [0, 0.1) is 0 Å². The summed E-state index contributed by atoms with van der Waals surface area (Å²) in [6.07, 6.45) is 2.50. The lowest BCUT2D eigenvalue weighted by Gasteiger charge is -2.29. The molecule has 1 aromatic carbocycles. The molecule has 1 N–H and O–H groups in total. The van der Waals surface area contributed by atoms with Gasteiger partial charge in [-0.2, -0.15) is 0 Å². The predicted molar refractivity (Wildman–Crippen MR) is 97.0 cm³/mol. The molecule has 1 atom stereocenters. The maximum Gasteiger partial charge on any atom is 0.251 e. The average molecular weight is 359 g/mol. The lowest BCUT2D eigenvalue weighted by Crippen LogP contribution is -2.50. The summed E-state index contributed by atoms with van der Waals surface area (Å²) >= 11 is 0. The molecule has 1 aromatic rings. The van der Waals surface area contributed by atoms with Gasteiger partial charge in [0.05, 0.1) is 13.2 Å². The molecule has 2 aliphatic heterocycles. The van der Waals surface area contributed by atoms with Crippen molar-refractivity contribution >= 4 is 23.4 Å². The third-order valence-electron chi connectivity index (χ3n) is 4.81. The number of hydrogen-bond acceptors (Lipinski definition) is 4. The first-order valence-electron chi connectivity index (χ1n) is 9.14. The average Bonchev–Trinajstić information content (AvgIpc) is 2.68. The Morgan fingerprint density at radius 2 is 1.77 bits per heavy atom. The fourth-order valence-corrected chi connectivity index (χ4v) is 3.27. The van der Waals surface area contributed by atoms with Crippen LogP contribution in [0.4, 0.5) is 5.69 Å². The molecule has 2 aliphatic rings. The van der Waals surface area contributed by atoms with Gasteiger partial charge < -0.3 is 19.9 Å². The maximum absolute atomic E-state index is 12.4. The van der Waals surface area contributed by atoms with Crippen molar-refractivity contribution in [1.29, 1.82) is 0 Å². The third-order valence-corrected chi connectivity index (χ3v) is 4.81. The number of morpholine rings is 1. The zero-order chi connectivity index (χ0) is 18.5. The molecular formula is C19H25N3O4. The molecule has 0 spiro atoms. The lowest BCUT2D eigenvalue weighted by molar-refractivity contribution is -0.136. The largest absolute Gasteiger partial charge is 0.378 e. The highest BCUT2D eigenvalue weighted by molar-refractivity contribution is 5.98. The molecule has 0 radical (unpaired) electrons. The van der Waals surface area contributed by atoms with Gasteiger partial charge in [0, 0.05) is 37.3 Å². The minimum atomic E-state index is -0.594. The number of ether oxygens (including phenoxy) is 1. The van der Waals surface area contributed by atoms with Crippen LogP contribution in [-0.2, 0) is 14.3 Å². The van der Waals surface area contributed by atoms with E-state index in [2.05, 4.69) is 5.32 Å². The molecule has 140 valence electrons. The molecule has 0 aromatic heterocycles. The topological polar surface area (TPSA) is 79.0 Å². The van der Waals surface area contributed by atoms with E-state index in [1.807, 2.05) is 0 Å². The van der Waals surface area contributed by atoms with Crippen molar-refractivity contribution in [2.24, 2.45) is 0 Å². The lowest BCUT2D eigenvalue weighted by atomic mass is 10.1. The van der Waals surface area contributed by atoms with Crippen LogP contribution in [0.2, 0.25) is 0 Å². The second-order valence-corrected chi connectivity index (χ2v) is 6.68. The highest BCUT2D eigenvalue weighted by atomic mass is 16.5. The summed E-state index contributed by atoms with van der Waals surface area (Å²) in [5, 5.41) is 2.75. The first-order valence-corrected chi connectivity index (χ1v) is 9.14. The Balaban J connectivity index is 1.59. The molecule has 2 heterocycles. The second kappa shape index (κ2) is 8.31. The van der Waals surface area contributed by atoms with Crippen molar-refractivity contribution in [2.75, 3.05) is 37.7 Å².